The normalized spacial score (nSPS) is 25.9. The predicted molar refractivity (Wildman–Crippen MR) is 117 cm³/mol. The summed E-state index contributed by atoms with van der Waals surface area (Å²) in [6, 6.07) is 0. The lowest BCUT2D eigenvalue weighted by atomic mass is 9.89. The first kappa shape index (κ1) is 25.9. The molecule has 5 nitrogen and oxygen atoms in total. The van der Waals surface area contributed by atoms with Crippen LogP contribution in [-0.4, -0.2) is 47.7 Å². The largest absolute Gasteiger partial charge is 0.481 e. The molecule has 1 rings (SSSR count). The van der Waals surface area contributed by atoms with Gasteiger partial charge in [0.1, 0.15) is 0 Å². The Labute approximate surface area is 177 Å². The quantitative estimate of drug-likeness (QED) is 0.272. The van der Waals surface area contributed by atoms with Crippen LogP contribution in [0.3, 0.4) is 0 Å². The van der Waals surface area contributed by atoms with E-state index in [1.807, 2.05) is 19.9 Å². The Morgan fingerprint density at radius 3 is 2.59 bits per heavy atom. The molecule has 0 amide bonds. The molecule has 168 valence electrons. The molecule has 0 bridgehead atoms. The molecule has 0 radical (unpaired) electrons. The molecule has 5 atom stereocenters. The van der Waals surface area contributed by atoms with Gasteiger partial charge in [-0.05, 0) is 45.4 Å². The van der Waals surface area contributed by atoms with Crippen molar-refractivity contribution < 1.29 is 24.5 Å². The zero-order valence-electron chi connectivity index (χ0n) is 18.6. The third-order valence-electron chi connectivity index (χ3n) is 5.63. The minimum absolute atomic E-state index is 0.0366. The number of hydrogen-bond acceptors (Lipinski definition) is 4. The zero-order valence-corrected chi connectivity index (χ0v) is 18.6. The topological polar surface area (TPSA) is 76.0 Å². The minimum Gasteiger partial charge on any atom is -0.481 e. The number of allylic oxidation sites excluding steroid dienone is 2. The molecule has 0 aromatic rings. The van der Waals surface area contributed by atoms with E-state index < -0.39 is 5.97 Å². The van der Waals surface area contributed by atoms with Crippen molar-refractivity contribution in [1.82, 2.24) is 0 Å². The molecule has 0 heterocycles. The van der Waals surface area contributed by atoms with Gasteiger partial charge in [0.05, 0.1) is 18.3 Å². The molecule has 0 saturated heterocycles. The van der Waals surface area contributed by atoms with Crippen LogP contribution >= 0.6 is 0 Å². The van der Waals surface area contributed by atoms with Crippen molar-refractivity contribution in [3.8, 4) is 0 Å². The summed E-state index contributed by atoms with van der Waals surface area (Å²) in [5.74, 6) is -0.462. The summed E-state index contributed by atoms with van der Waals surface area (Å²) in [5.41, 5.74) is 0. The highest BCUT2D eigenvalue weighted by Crippen LogP contribution is 2.38. The Hall–Kier alpha value is -1.17. The number of carbonyl (C=O) groups is 1. The van der Waals surface area contributed by atoms with Gasteiger partial charge in [0.15, 0.2) is 0 Å². The van der Waals surface area contributed by atoms with Crippen LogP contribution in [-0.2, 0) is 14.3 Å². The molecule has 1 saturated carbocycles. The molecule has 0 aromatic heterocycles. The zero-order chi connectivity index (χ0) is 21.5. The van der Waals surface area contributed by atoms with Crippen molar-refractivity contribution in [2.75, 3.05) is 13.2 Å². The van der Waals surface area contributed by atoms with Gasteiger partial charge in [0.2, 0.25) is 0 Å². The van der Waals surface area contributed by atoms with Crippen LogP contribution in [0.2, 0.25) is 0 Å². The van der Waals surface area contributed by atoms with Gasteiger partial charge in [0, 0.05) is 32.0 Å². The summed E-state index contributed by atoms with van der Waals surface area (Å²) >= 11 is 0. The number of aliphatic hydroxyl groups is 1. The van der Waals surface area contributed by atoms with Crippen LogP contribution in [0.15, 0.2) is 24.3 Å². The first-order valence-corrected chi connectivity index (χ1v) is 11.5. The standard InChI is InChI=1S/C24H42O5/c1-4-7-10-13-19(28-5-2)16-17-21-20(22(25)18-23(21)29-6-3)14-11-8-9-12-15-24(26)27/h8,11,16-17,19-23,25H,4-7,9-10,12-15,18H2,1-3H3,(H,26,27)/b11-8+,17-16+. The number of hydrogen-bond donors (Lipinski definition) is 2. The molecule has 5 unspecified atom stereocenters. The fourth-order valence-corrected chi connectivity index (χ4v) is 4.12. The highest BCUT2D eigenvalue weighted by molar-refractivity contribution is 5.66. The van der Waals surface area contributed by atoms with Crippen molar-refractivity contribution in [1.29, 1.82) is 0 Å². The lowest BCUT2D eigenvalue weighted by Crippen LogP contribution is -2.22. The molecule has 1 aliphatic rings. The van der Waals surface area contributed by atoms with Gasteiger partial charge >= 0.3 is 5.97 Å². The van der Waals surface area contributed by atoms with E-state index >= 15 is 0 Å². The molecule has 1 fully saturated rings. The van der Waals surface area contributed by atoms with E-state index in [1.54, 1.807) is 0 Å². The maximum atomic E-state index is 10.6. The Bertz CT molecular complexity index is 488. The molecular weight excluding hydrogens is 368 g/mol. The number of rotatable bonds is 16. The monoisotopic (exact) mass is 410 g/mol. The number of aliphatic carboxylic acids is 1. The average molecular weight is 411 g/mol. The maximum absolute atomic E-state index is 10.6. The second-order valence-electron chi connectivity index (χ2n) is 7.91. The van der Waals surface area contributed by atoms with E-state index in [0.717, 1.165) is 25.7 Å². The second kappa shape index (κ2) is 15.6. The molecule has 1 aliphatic carbocycles. The van der Waals surface area contributed by atoms with Crippen molar-refractivity contribution in [2.45, 2.75) is 96.9 Å². The van der Waals surface area contributed by atoms with Gasteiger partial charge in [-0.25, -0.2) is 0 Å². The minimum atomic E-state index is -0.753. The lowest BCUT2D eigenvalue weighted by Gasteiger charge is -2.22. The summed E-state index contributed by atoms with van der Waals surface area (Å²) in [4.78, 5) is 10.6. The number of carboxylic acid groups (broad SMARTS) is 1. The molecule has 0 spiro atoms. The summed E-state index contributed by atoms with van der Waals surface area (Å²) in [6.45, 7) is 7.58. The van der Waals surface area contributed by atoms with Crippen LogP contribution in [0.4, 0.5) is 0 Å². The third kappa shape index (κ3) is 10.4. The van der Waals surface area contributed by atoms with Gasteiger partial charge in [-0.1, -0.05) is 50.5 Å². The molecule has 5 heteroatoms. The number of aliphatic hydroxyl groups excluding tert-OH is 1. The van der Waals surface area contributed by atoms with E-state index in [2.05, 4.69) is 25.2 Å². The molecule has 0 aromatic carbocycles. The summed E-state index contributed by atoms with van der Waals surface area (Å²) < 4.78 is 11.8. The number of carboxylic acids is 1. The van der Waals surface area contributed by atoms with Gasteiger partial charge in [0.25, 0.3) is 0 Å². The second-order valence-corrected chi connectivity index (χ2v) is 7.91. The maximum Gasteiger partial charge on any atom is 0.303 e. The van der Waals surface area contributed by atoms with Gasteiger partial charge < -0.3 is 19.7 Å². The van der Waals surface area contributed by atoms with Crippen molar-refractivity contribution >= 4 is 5.97 Å². The third-order valence-corrected chi connectivity index (χ3v) is 5.63. The summed E-state index contributed by atoms with van der Waals surface area (Å²) in [7, 11) is 0. The predicted octanol–water partition coefficient (Wildman–Crippen LogP) is 5.13. The van der Waals surface area contributed by atoms with Crippen LogP contribution < -0.4 is 0 Å². The SMILES string of the molecule is CCCCCC(/C=C/C1C(OCC)CC(O)C1C/C=C/CCCC(=O)O)OCC. The molecular formula is C24H42O5. The Morgan fingerprint density at radius 1 is 1.14 bits per heavy atom. The fourth-order valence-electron chi connectivity index (χ4n) is 4.12. The van der Waals surface area contributed by atoms with Crippen LogP contribution in [0.5, 0.6) is 0 Å². The van der Waals surface area contributed by atoms with E-state index in [1.165, 1.54) is 12.8 Å². The van der Waals surface area contributed by atoms with Crippen LogP contribution in [0, 0.1) is 11.8 Å². The first-order valence-electron chi connectivity index (χ1n) is 11.5. The Kier molecular flexibility index (Phi) is 14.0. The fraction of sp³-hybridized carbons (Fsp3) is 0.792. The smallest absolute Gasteiger partial charge is 0.303 e. The van der Waals surface area contributed by atoms with Gasteiger partial charge in [-0.3, -0.25) is 4.79 Å². The number of unbranched alkanes of at least 4 members (excludes halogenated alkanes) is 3. The van der Waals surface area contributed by atoms with Crippen LogP contribution in [0.1, 0.15) is 78.6 Å². The van der Waals surface area contributed by atoms with E-state index in [9.17, 15) is 9.90 Å². The Balaban J connectivity index is 2.71. The summed E-state index contributed by atoms with van der Waals surface area (Å²) in [6.07, 6.45) is 16.0. The van der Waals surface area contributed by atoms with Gasteiger partial charge in [-0.15, -0.1) is 0 Å². The molecule has 0 aliphatic heterocycles. The van der Waals surface area contributed by atoms with Gasteiger partial charge in [-0.2, -0.15) is 0 Å². The highest BCUT2D eigenvalue weighted by Gasteiger charge is 2.40. The van der Waals surface area contributed by atoms with Crippen molar-refractivity contribution in [2.24, 2.45) is 11.8 Å². The van der Waals surface area contributed by atoms with E-state index in [4.69, 9.17) is 14.6 Å². The Morgan fingerprint density at radius 2 is 1.93 bits per heavy atom. The number of ether oxygens (including phenoxy) is 2. The first-order chi connectivity index (χ1) is 14.0. The average Bonchev–Trinajstić information content (AvgIpc) is 2.97. The van der Waals surface area contributed by atoms with E-state index in [0.29, 0.717) is 26.1 Å². The summed E-state index contributed by atoms with van der Waals surface area (Å²) in [5, 5.41) is 19.3. The highest BCUT2D eigenvalue weighted by atomic mass is 16.5. The molecule has 29 heavy (non-hydrogen) atoms. The molecule has 2 N–H and O–H groups in total. The van der Waals surface area contributed by atoms with Crippen molar-refractivity contribution in [3.05, 3.63) is 24.3 Å². The van der Waals surface area contributed by atoms with Crippen molar-refractivity contribution in [3.63, 3.8) is 0 Å². The van der Waals surface area contributed by atoms with Crippen LogP contribution in [0.25, 0.3) is 0 Å². The van der Waals surface area contributed by atoms with E-state index in [-0.39, 0.29) is 36.6 Å². The lowest BCUT2D eigenvalue weighted by molar-refractivity contribution is -0.137.